The van der Waals surface area contributed by atoms with Gasteiger partial charge >= 0.3 is 0 Å². The first-order chi connectivity index (χ1) is 8.65. The molecule has 0 atom stereocenters. The van der Waals surface area contributed by atoms with Crippen molar-refractivity contribution in [1.29, 1.82) is 0 Å². The fourth-order valence-electron chi connectivity index (χ4n) is 1.91. The van der Waals surface area contributed by atoms with E-state index in [9.17, 15) is 0 Å². The first kappa shape index (κ1) is 12.5. The van der Waals surface area contributed by atoms with E-state index in [1.54, 1.807) is 10.9 Å². The molecule has 0 unspecified atom stereocenters. The fourth-order valence-corrected chi connectivity index (χ4v) is 1.91. The van der Waals surface area contributed by atoms with Crippen molar-refractivity contribution >= 4 is 5.82 Å². The first-order valence-electron chi connectivity index (χ1n) is 6.26. The quantitative estimate of drug-likeness (QED) is 0.897. The summed E-state index contributed by atoms with van der Waals surface area (Å²) in [4.78, 5) is 9.19. The Kier molecular flexibility index (Phi) is 3.60. The molecule has 2 aromatic heterocycles. The highest BCUT2D eigenvalue weighted by molar-refractivity contribution is 5.58. The Balaban J connectivity index is 2.51. The van der Waals surface area contributed by atoms with E-state index in [2.05, 4.69) is 41.2 Å². The second kappa shape index (κ2) is 5.16. The van der Waals surface area contributed by atoms with Gasteiger partial charge in [0.2, 0.25) is 0 Å². The number of rotatable bonds is 4. The Hall–Kier alpha value is -1.91. The van der Waals surface area contributed by atoms with Crippen LogP contribution in [0.5, 0.6) is 0 Å². The minimum atomic E-state index is 0.738. The van der Waals surface area contributed by atoms with Gasteiger partial charge in [-0.2, -0.15) is 5.10 Å². The lowest BCUT2D eigenvalue weighted by Crippen LogP contribution is -2.07. The molecule has 18 heavy (non-hydrogen) atoms. The smallest absolute Gasteiger partial charge is 0.164 e. The summed E-state index contributed by atoms with van der Waals surface area (Å²) < 4.78 is 1.76. The van der Waals surface area contributed by atoms with Gasteiger partial charge in [-0.1, -0.05) is 6.92 Å². The van der Waals surface area contributed by atoms with Crippen LogP contribution >= 0.6 is 0 Å². The van der Waals surface area contributed by atoms with E-state index in [1.165, 1.54) is 0 Å². The molecule has 0 saturated heterocycles. The summed E-state index contributed by atoms with van der Waals surface area (Å²) in [6.45, 7) is 7.09. The molecule has 2 heterocycles. The van der Waals surface area contributed by atoms with E-state index in [-0.39, 0.29) is 0 Å². The number of aryl methyl sites for hydroxylation is 2. The Bertz CT molecular complexity index is 544. The predicted octanol–water partition coefficient (Wildman–Crippen LogP) is 2.18. The average Bonchev–Trinajstić information content (AvgIpc) is 2.79. The summed E-state index contributed by atoms with van der Waals surface area (Å²) in [5.41, 5.74) is 3.16. The van der Waals surface area contributed by atoms with Crippen molar-refractivity contribution in [3.63, 3.8) is 0 Å². The average molecular weight is 245 g/mol. The molecule has 0 bridgehead atoms. The summed E-state index contributed by atoms with van der Waals surface area (Å²) >= 11 is 0. The lowest BCUT2D eigenvalue weighted by atomic mass is 10.2. The standard InChI is InChI=1S/C13H19N5/c1-5-11-9(3)12(14-6-2)17-13(16-11)10-7-15-18(4)8-10/h7-8H,5-6H2,1-4H3,(H,14,16,17). The van der Waals surface area contributed by atoms with Crippen LogP contribution in [0.1, 0.15) is 25.1 Å². The molecule has 0 aromatic carbocycles. The summed E-state index contributed by atoms with van der Waals surface area (Å²) in [7, 11) is 1.89. The summed E-state index contributed by atoms with van der Waals surface area (Å²) in [5.74, 6) is 1.66. The maximum absolute atomic E-state index is 4.61. The molecule has 0 aliphatic heterocycles. The summed E-state index contributed by atoms with van der Waals surface area (Å²) in [6, 6.07) is 0. The zero-order chi connectivity index (χ0) is 13.1. The lowest BCUT2D eigenvalue weighted by Gasteiger charge is -2.11. The third-order valence-electron chi connectivity index (χ3n) is 2.89. The number of nitrogens with one attached hydrogen (secondary N) is 1. The van der Waals surface area contributed by atoms with Gasteiger partial charge in [0, 0.05) is 31.0 Å². The van der Waals surface area contributed by atoms with Crippen LogP contribution in [0.4, 0.5) is 5.82 Å². The second-order valence-corrected chi connectivity index (χ2v) is 4.25. The van der Waals surface area contributed by atoms with Crippen molar-refractivity contribution in [2.24, 2.45) is 7.05 Å². The van der Waals surface area contributed by atoms with Crippen molar-refractivity contribution in [1.82, 2.24) is 19.7 Å². The molecule has 0 aliphatic carbocycles. The molecule has 0 saturated carbocycles. The normalized spacial score (nSPS) is 10.7. The molecule has 2 aromatic rings. The molecule has 5 heteroatoms. The van der Waals surface area contributed by atoms with E-state index in [4.69, 9.17) is 0 Å². The van der Waals surface area contributed by atoms with Crippen LogP contribution in [-0.4, -0.2) is 26.3 Å². The second-order valence-electron chi connectivity index (χ2n) is 4.25. The molecular weight excluding hydrogens is 226 g/mol. The van der Waals surface area contributed by atoms with E-state index in [0.717, 1.165) is 41.4 Å². The molecule has 0 fully saturated rings. The van der Waals surface area contributed by atoms with Gasteiger partial charge in [0.05, 0.1) is 11.8 Å². The molecular formula is C13H19N5. The highest BCUT2D eigenvalue weighted by Crippen LogP contribution is 2.21. The maximum Gasteiger partial charge on any atom is 0.164 e. The SMILES string of the molecule is CCNc1nc(-c2cnn(C)c2)nc(CC)c1C. The lowest BCUT2D eigenvalue weighted by molar-refractivity contribution is 0.768. The Morgan fingerprint density at radius 3 is 2.61 bits per heavy atom. The largest absolute Gasteiger partial charge is 0.370 e. The van der Waals surface area contributed by atoms with Gasteiger partial charge in [0.15, 0.2) is 5.82 Å². The van der Waals surface area contributed by atoms with Gasteiger partial charge in [-0.15, -0.1) is 0 Å². The van der Waals surface area contributed by atoms with Crippen LogP contribution < -0.4 is 5.32 Å². The molecule has 0 amide bonds. The van der Waals surface area contributed by atoms with Crippen LogP contribution in [-0.2, 0) is 13.5 Å². The van der Waals surface area contributed by atoms with Crippen LogP contribution in [0.2, 0.25) is 0 Å². The number of hydrogen-bond acceptors (Lipinski definition) is 4. The van der Waals surface area contributed by atoms with Gasteiger partial charge in [-0.3, -0.25) is 4.68 Å². The Morgan fingerprint density at radius 1 is 1.28 bits per heavy atom. The molecule has 5 nitrogen and oxygen atoms in total. The van der Waals surface area contributed by atoms with Gasteiger partial charge < -0.3 is 5.32 Å². The third kappa shape index (κ3) is 2.34. The number of aromatic nitrogens is 4. The molecule has 0 aliphatic rings. The van der Waals surface area contributed by atoms with Gasteiger partial charge in [-0.05, 0) is 20.3 Å². The number of anilines is 1. The Labute approximate surface area is 107 Å². The number of hydrogen-bond donors (Lipinski definition) is 1. The molecule has 96 valence electrons. The van der Waals surface area contributed by atoms with Crippen molar-refractivity contribution in [2.45, 2.75) is 27.2 Å². The summed E-state index contributed by atoms with van der Waals surface area (Å²) in [5, 5.41) is 7.45. The molecule has 1 N–H and O–H groups in total. The number of nitrogens with zero attached hydrogens (tertiary/aromatic N) is 4. The maximum atomic E-state index is 4.61. The van der Waals surface area contributed by atoms with Crippen molar-refractivity contribution in [3.05, 3.63) is 23.7 Å². The highest BCUT2D eigenvalue weighted by Gasteiger charge is 2.11. The predicted molar refractivity (Wildman–Crippen MR) is 72.5 cm³/mol. The van der Waals surface area contributed by atoms with Crippen molar-refractivity contribution in [3.8, 4) is 11.4 Å². The zero-order valence-electron chi connectivity index (χ0n) is 11.4. The molecule has 0 radical (unpaired) electrons. The first-order valence-corrected chi connectivity index (χ1v) is 6.26. The van der Waals surface area contributed by atoms with Gasteiger partial charge in [0.25, 0.3) is 0 Å². The van der Waals surface area contributed by atoms with E-state index >= 15 is 0 Å². The monoisotopic (exact) mass is 245 g/mol. The Morgan fingerprint density at radius 2 is 2.06 bits per heavy atom. The van der Waals surface area contributed by atoms with Gasteiger partial charge in [0.1, 0.15) is 5.82 Å². The van der Waals surface area contributed by atoms with Crippen molar-refractivity contribution in [2.75, 3.05) is 11.9 Å². The van der Waals surface area contributed by atoms with Crippen LogP contribution in [0, 0.1) is 6.92 Å². The van der Waals surface area contributed by atoms with Crippen molar-refractivity contribution < 1.29 is 0 Å². The van der Waals surface area contributed by atoms with Crippen LogP contribution in [0.3, 0.4) is 0 Å². The molecule has 2 rings (SSSR count). The minimum absolute atomic E-state index is 0.738. The highest BCUT2D eigenvalue weighted by atomic mass is 15.2. The molecule has 0 spiro atoms. The fraction of sp³-hybridized carbons (Fsp3) is 0.462. The topological polar surface area (TPSA) is 55.6 Å². The third-order valence-corrected chi connectivity index (χ3v) is 2.89. The minimum Gasteiger partial charge on any atom is -0.370 e. The van der Waals surface area contributed by atoms with E-state index < -0.39 is 0 Å². The van der Waals surface area contributed by atoms with Crippen LogP contribution in [0.15, 0.2) is 12.4 Å². The van der Waals surface area contributed by atoms with E-state index in [1.807, 2.05) is 13.2 Å². The summed E-state index contributed by atoms with van der Waals surface area (Å²) in [6.07, 6.45) is 4.62. The zero-order valence-corrected chi connectivity index (χ0v) is 11.4. The van der Waals surface area contributed by atoms with Gasteiger partial charge in [-0.25, -0.2) is 9.97 Å². The van der Waals surface area contributed by atoms with E-state index in [0.29, 0.717) is 0 Å². The van der Waals surface area contributed by atoms with Crippen LogP contribution in [0.25, 0.3) is 11.4 Å².